The normalized spacial score (nSPS) is 13.0. The largest absolute Gasteiger partial charge is 0.495 e. The summed E-state index contributed by atoms with van der Waals surface area (Å²) in [5.74, 6) is -0.355. The van der Waals surface area contributed by atoms with Crippen LogP contribution in [-0.4, -0.2) is 61.6 Å². The average Bonchev–Trinajstić information content (AvgIpc) is 2.94. The van der Waals surface area contributed by atoms with Crippen molar-refractivity contribution in [1.29, 1.82) is 0 Å². The zero-order valence-corrected chi connectivity index (χ0v) is 22.3. The van der Waals surface area contributed by atoms with Gasteiger partial charge < -0.3 is 30.0 Å². The third-order valence-electron chi connectivity index (χ3n) is 5.97. The molecule has 38 heavy (non-hydrogen) atoms. The fourth-order valence-electron chi connectivity index (χ4n) is 4.06. The van der Waals surface area contributed by atoms with E-state index < -0.39 is 5.97 Å². The number of carbonyl (C=O) groups is 1. The van der Waals surface area contributed by atoms with Crippen LogP contribution >= 0.6 is 23.2 Å². The molecule has 0 radical (unpaired) electrons. The van der Waals surface area contributed by atoms with Gasteiger partial charge in [0.25, 0.3) is 0 Å². The minimum Gasteiger partial charge on any atom is -0.495 e. The van der Waals surface area contributed by atoms with Crippen molar-refractivity contribution in [3.63, 3.8) is 0 Å². The van der Waals surface area contributed by atoms with Gasteiger partial charge >= 0.3 is 5.97 Å². The highest BCUT2D eigenvalue weighted by molar-refractivity contribution is 6.41. The molecule has 1 aliphatic rings. The summed E-state index contributed by atoms with van der Waals surface area (Å²) >= 11 is 12.9. The zero-order chi connectivity index (χ0) is 27.2. The molecule has 0 aliphatic carbocycles. The molecule has 0 amide bonds. The number of ether oxygens (including phenoxy) is 3. The molecule has 0 atom stereocenters. The second-order valence-electron chi connectivity index (χ2n) is 8.19. The molecular formula is C27H26Cl2N4O5. The zero-order valence-electron chi connectivity index (χ0n) is 20.8. The molecule has 4 aromatic rings. The number of nitrogens with zero attached hydrogens (tertiary/aromatic N) is 3. The van der Waals surface area contributed by atoms with Crippen LogP contribution in [0.5, 0.6) is 11.5 Å². The summed E-state index contributed by atoms with van der Waals surface area (Å²) in [7, 11) is 2.95. The van der Waals surface area contributed by atoms with Gasteiger partial charge in [-0.25, -0.2) is 4.79 Å². The molecule has 0 bridgehead atoms. The van der Waals surface area contributed by atoms with Gasteiger partial charge in [-0.15, -0.1) is 0 Å². The van der Waals surface area contributed by atoms with Crippen molar-refractivity contribution < 1.29 is 24.1 Å². The van der Waals surface area contributed by atoms with Gasteiger partial charge in [0.2, 0.25) is 0 Å². The quantitative estimate of drug-likeness (QED) is 0.310. The number of nitrogens with two attached hydrogens (primary N) is 1. The van der Waals surface area contributed by atoms with Gasteiger partial charge in [-0.3, -0.25) is 9.97 Å². The number of hydrogen-bond donors (Lipinski definition) is 2. The van der Waals surface area contributed by atoms with E-state index in [1.807, 2.05) is 12.1 Å². The van der Waals surface area contributed by atoms with Gasteiger partial charge in [-0.1, -0.05) is 29.3 Å². The number of nitrogen functional groups attached to an aromatic ring is 1. The van der Waals surface area contributed by atoms with Gasteiger partial charge in [0.1, 0.15) is 17.0 Å². The Labute approximate surface area is 229 Å². The van der Waals surface area contributed by atoms with Crippen molar-refractivity contribution in [2.45, 2.75) is 0 Å². The van der Waals surface area contributed by atoms with E-state index in [9.17, 15) is 9.90 Å². The van der Waals surface area contributed by atoms with Crippen LogP contribution in [-0.2, 0) is 4.74 Å². The fourth-order valence-corrected chi connectivity index (χ4v) is 4.76. The monoisotopic (exact) mass is 556 g/mol. The van der Waals surface area contributed by atoms with Crippen molar-refractivity contribution in [2.24, 2.45) is 0 Å². The van der Waals surface area contributed by atoms with Crippen molar-refractivity contribution >= 4 is 51.6 Å². The summed E-state index contributed by atoms with van der Waals surface area (Å²) in [6.07, 6.45) is 2.89. The summed E-state index contributed by atoms with van der Waals surface area (Å²) in [5, 5.41) is 9.89. The first kappa shape index (κ1) is 27.3. The average molecular weight is 557 g/mol. The lowest BCUT2D eigenvalue weighted by Gasteiger charge is -2.28. The van der Waals surface area contributed by atoms with Crippen LogP contribution in [0.4, 0.5) is 11.4 Å². The molecule has 1 aliphatic heterocycles. The Balaban J connectivity index is 0.000000216. The Morgan fingerprint density at radius 2 is 1.53 bits per heavy atom. The minimum atomic E-state index is -1.10. The van der Waals surface area contributed by atoms with E-state index in [-0.39, 0.29) is 21.1 Å². The summed E-state index contributed by atoms with van der Waals surface area (Å²) < 4.78 is 15.8. The molecule has 0 spiro atoms. The number of fused-ring (bicyclic) bond motifs is 1. The topological polar surface area (TPSA) is 120 Å². The number of aromatic carboxylic acids is 1. The number of benzene rings is 3. The number of morpholine rings is 1. The van der Waals surface area contributed by atoms with Crippen LogP contribution in [0.1, 0.15) is 10.4 Å². The Hall–Kier alpha value is -3.79. The van der Waals surface area contributed by atoms with E-state index in [0.29, 0.717) is 28.1 Å². The summed E-state index contributed by atoms with van der Waals surface area (Å²) in [5.41, 5.74) is 9.26. The van der Waals surface area contributed by atoms with Gasteiger partial charge in [0.15, 0.2) is 0 Å². The number of halogens is 2. The second kappa shape index (κ2) is 12.2. The highest BCUT2D eigenvalue weighted by Crippen LogP contribution is 2.47. The SMILES string of the molecule is COc1cc(OC)c(Cl)c(-c2ccc(C(=O)O)c3nccnc23)c1Cl.Nc1ccc(N2CCOCC2)cc1. The van der Waals surface area contributed by atoms with E-state index >= 15 is 0 Å². The van der Waals surface area contributed by atoms with Gasteiger partial charge in [0.05, 0.1) is 48.6 Å². The Morgan fingerprint density at radius 1 is 0.947 bits per heavy atom. The Morgan fingerprint density at radius 3 is 2.08 bits per heavy atom. The van der Waals surface area contributed by atoms with E-state index in [2.05, 4.69) is 27.0 Å². The van der Waals surface area contributed by atoms with Crippen LogP contribution in [0.15, 0.2) is 54.9 Å². The number of anilines is 2. The van der Waals surface area contributed by atoms with E-state index in [0.717, 1.165) is 32.0 Å². The summed E-state index contributed by atoms with van der Waals surface area (Å²) in [4.78, 5) is 22.2. The highest BCUT2D eigenvalue weighted by Gasteiger charge is 2.22. The van der Waals surface area contributed by atoms with E-state index in [4.69, 9.17) is 43.1 Å². The third-order valence-corrected chi connectivity index (χ3v) is 6.72. The van der Waals surface area contributed by atoms with Crippen molar-refractivity contribution in [1.82, 2.24) is 9.97 Å². The first-order valence-corrected chi connectivity index (χ1v) is 12.4. The first-order chi connectivity index (χ1) is 18.3. The molecule has 3 N–H and O–H groups in total. The standard InChI is InChI=1S/C17H12Cl2N2O4.C10H14N2O/c1-24-10-7-11(25-2)14(19)12(13(10)18)8-3-4-9(17(22)23)16-15(8)20-5-6-21-16;11-9-1-3-10(4-2-9)12-5-7-13-8-6-12/h3-7H,1-2H3,(H,22,23);1-4H,5-8,11H2. The lowest BCUT2D eigenvalue weighted by atomic mass is 10.00. The van der Waals surface area contributed by atoms with Gasteiger partial charge in [0, 0.05) is 54.1 Å². The number of carboxylic acids is 1. The molecule has 3 aromatic carbocycles. The first-order valence-electron chi connectivity index (χ1n) is 11.6. The number of methoxy groups -OCH3 is 2. The van der Waals surface area contributed by atoms with Gasteiger partial charge in [-0.2, -0.15) is 0 Å². The predicted octanol–water partition coefficient (Wildman–Crippen LogP) is 5.42. The molecule has 11 heteroatoms. The van der Waals surface area contributed by atoms with Crippen LogP contribution in [0, 0.1) is 0 Å². The van der Waals surface area contributed by atoms with E-state index in [1.165, 1.54) is 38.4 Å². The predicted molar refractivity (Wildman–Crippen MR) is 149 cm³/mol. The molecule has 9 nitrogen and oxygen atoms in total. The second-order valence-corrected chi connectivity index (χ2v) is 8.95. The summed E-state index contributed by atoms with van der Waals surface area (Å²) in [6, 6.07) is 12.6. The number of hydrogen-bond acceptors (Lipinski definition) is 8. The van der Waals surface area contributed by atoms with Gasteiger partial charge in [-0.05, 0) is 30.3 Å². The molecule has 2 heterocycles. The lowest BCUT2D eigenvalue weighted by Crippen LogP contribution is -2.36. The van der Waals surface area contributed by atoms with E-state index in [1.54, 1.807) is 12.1 Å². The van der Waals surface area contributed by atoms with Crippen LogP contribution in [0.2, 0.25) is 10.0 Å². The van der Waals surface area contributed by atoms with Crippen molar-refractivity contribution in [3.8, 4) is 22.6 Å². The smallest absolute Gasteiger partial charge is 0.337 e. The third kappa shape index (κ3) is 5.70. The molecular weight excluding hydrogens is 531 g/mol. The maximum absolute atomic E-state index is 11.4. The number of aromatic nitrogens is 2. The maximum atomic E-state index is 11.4. The fraction of sp³-hybridized carbons (Fsp3) is 0.222. The lowest BCUT2D eigenvalue weighted by molar-refractivity contribution is 0.0698. The van der Waals surface area contributed by atoms with Crippen LogP contribution in [0.25, 0.3) is 22.2 Å². The molecule has 0 saturated carbocycles. The molecule has 0 unspecified atom stereocenters. The highest BCUT2D eigenvalue weighted by atomic mass is 35.5. The molecule has 1 aromatic heterocycles. The Bertz CT molecular complexity index is 1420. The molecule has 1 fully saturated rings. The summed E-state index contributed by atoms with van der Waals surface area (Å²) in [6.45, 7) is 3.60. The molecule has 198 valence electrons. The molecule has 1 saturated heterocycles. The molecule has 5 rings (SSSR count). The van der Waals surface area contributed by atoms with Crippen LogP contribution < -0.4 is 20.1 Å². The maximum Gasteiger partial charge on any atom is 0.337 e. The number of carboxylic acid groups (broad SMARTS) is 1. The van der Waals surface area contributed by atoms with Crippen LogP contribution in [0.3, 0.4) is 0 Å². The van der Waals surface area contributed by atoms with Crippen molar-refractivity contribution in [2.75, 3.05) is 51.2 Å². The number of rotatable bonds is 5. The Kier molecular flexibility index (Phi) is 8.73. The minimum absolute atomic E-state index is 0.0361. The van der Waals surface area contributed by atoms with Crippen molar-refractivity contribution in [3.05, 3.63) is 70.5 Å².